The Morgan fingerprint density at radius 2 is 1.87 bits per heavy atom. The average molecular weight is 443 g/mol. The van der Waals surface area contributed by atoms with Crippen LogP contribution in [0.2, 0.25) is 0 Å². The zero-order valence-corrected chi connectivity index (χ0v) is 17.6. The first-order chi connectivity index (χ1) is 14.8. The number of benzene rings is 2. The summed E-state index contributed by atoms with van der Waals surface area (Å²) in [5.74, 6) is 0.477. The Kier molecular flexibility index (Phi) is 5.69. The van der Waals surface area contributed by atoms with E-state index in [4.69, 9.17) is 13.9 Å². The monoisotopic (exact) mass is 443 g/mol. The van der Waals surface area contributed by atoms with Crippen molar-refractivity contribution in [2.24, 2.45) is 0 Å². The zero-order chi connectivity index (χ0) is 22.0. The van der Waals surface area contributed by atoms with Crippen LogP contribution in [0.3, 0.4) is 0 Å². The fraction of sp³-hybridized carbons (Fsp3) is 0.273. The van der Waals surface area contributed by atoms with Crippen LogP contribution in [0.15, 0.2) is 53.1 Å². The van der Waals surface area contributed by atoms with Gasteiger partial charge in [0.2, 0.25) is 0 Å². The van der Waals surface area contributed by atoms with Gasteiger partial charge in [-0.2, -0.15) is 0 Å². The largest absolute Gasteiger partial charge is 0.497 e. The Morgan fingerprint density at radius 3 is 2.55 bits per heavy atom. The topological polar surface area (TPSA) is 112 Å². The molecule has 2 aromatic carbocycles. The van der Waals surface area contributed by atoms with Crippen LogP contribution in [0.4, 0.5) is 0 Å². The van der Waals surface area contributed by atoms with Crippen LogP contribution < -0.4 is 14.8 Å². The van der Waals surface area contributed by atoms with Crippen molar-refractivity contribution in [1.82, 2.24) is 5.32 Å². The van der Waals surface area contributed by atoms with Gasteiger partial charge in [-0.1, -0.05) is 0 Å². The second-order valence-corrected chi connectivity index (χ2v) is 9.55. The summed E-state index contributed by atoms with van der Waals surface area (Å²) < 4.78 is 39.1. The van der Waals surface area contributed by atoms with Gasteiger partial charge in [0.05, 0.1) is 24.2 Å². The number of sulfone groups is 1. The van der Waals surface area contributed by atoms with Gasteiger partial charge >= 0.3 is 0 Å². The molecule has 1 aliphatic rings. The molecule has 0 saturated carbocycles. The summed E-state index contributed by atoms with van der Waals surface area (Å²) >= 11 is 0. The highest BCUT2D eigenvalue weighted by Crippen LogP contribution is 2.28. The molecule has 1 atom stereocenters. The van der Waals surface area contributed by atoms with E-state index in [1.54, 1.807) is 49.6 Å². The fourth-order valence-electron chi connectivity index (χ4n) is 3.50. The molecule has 162 valence electrons. The molecule has 0 unspecified atom stereocenters. The molecule has 0 aliphatic carbocycles. The molecule has 4 rings (SSSR count). The first-order valence-electron chi connectivity index (χ1n) is 9.67. The van der Waals surface area contributed by atoms with Crippen molar-refractivity contribution in [3.05, 3.63) is 59.9 Å². The number of nitrogens with one attached hydrogen (secondary N) is 1. The van der Waals surface area contributed by atoms with E-state index < -0.39 is 15.7 Å². The van der Waals surface area contributed by atoms with Gasteiger partial charge in [-0.25, -0.2) is 8.42 Å². The fourth-order valence-corrected chi connectivity index (χ4v) is 5.17. The zero-order valence-electron chi connectivity index (χ0n) is 16.8. The third kappa shape index (κ3) is 4.72. The highest BCUT2D eigenvalue weighted by Gasteiger charge is 2.29. The molecule has 8 nitrogen and oxygen atoms in total. The molecule has 3 aromatic rings. The van der Waals surface area contributed by atoms with Crippen molar-refractivity contribution in [3.63, 3.8) is 0 Å². The van der Waals surface area contributed by atoms with Crippen LogP contribution >= 0.6 is 0 Å². The van der Waals surface area contributed by atoms with Gasteiger partial charge < -0.3 is 19.2 Å². The smallest absolute Gasteiger partial charge is 0.258 e. The minimum Gasteiger partial charge on any atom is -0.497 e. The number of furan rings is 1. The number of hydrogen-bond acceptors (Lipinski definition) is 7. The number of carbonyl (C=O) groups excluding carboxylic acids is 2. The van der Waals surface area contributed by atoms with Crippen molar-refractivity contribution in [1.29, 1.82) is 0 Å². The lowest BCUT2D eigenvalue weighted by atomic mass is 10.0. The van der Waals surface area contributed by atoms with E-state index in [0.717, 1.165) is 0 Å². The molecule has 1 amide bonds. The number of methoxy groups -OCH3 is 1. The van der Waals surface area contributed by atoms with Crippen molar-refractivity contribution in [2.75, 3.05) is 25.2 Å². The van der Waals surface area contributed by atoms with Gasteiger partial charge in [-0.15, -0.1) is 0 Å². The van der Waals surface area contributed by atoms with E-state index in [-0.39, 0.29) is 29.9 Å². The quantitative estimate of drug-likeness (QED) is 0.558. The molecule has 1 N–H and O–H groups in total. The summed E-state index contributed by atoms with van der Waals surface area (Å²) in [6, 6.07) is 11.3. The van der Waals surface area contributed by atoms with Crippen LogP contribution in [0.5, 0.6) is 11.5 Å². The van der Waals surface area contributed by atoms with E-state index >= 15 is 0 Å². The van der Waals surface area contributed by atoms with Crippen LogP contribution in [-0.2, 0) is 14.6 Å². The molecule has 0 bridgehead atoms. The highest BCUT2D eigenvalue weighted by atomic mass is 32.2. The number of ketones is 1. The van der Waals surface area contributed by atoms with Gasteiger partial charge in [-0.3, -0.25) is 9.59 Å². The number of rotatable bonds is 7. The second kappa shape index (κ2) is 8.43. The molecular weight excluding hydrogens is 422 g/mol. The first kappa shape index (κ1) is 20.9. The van der Waals surface area contributed by atoms with Gasteiger partial charge in [0.1, 0.15) is 23.3 Å². The van der Waals surface area contributed by atoms with Crippen molar-refractivity contribution in [2.45, 2.75) is 12.5 Å². The predicted octanol–water partition coefficient (Wildman–Crippen LogP) is 2.35. The lowest BCUT2D eigenvalue weighted by molar-refractivity contribution is -0.123. The van der Waals surface area contributed by atoms with Gasteiger partial charge in [-0.05, 0) is 48.9 Å². The lowest BCUT2D eigenvalue weighted by Gasteiger charge is -2.11. The molecule has 0 spiro atoms. The number of carbonyl (C=O) groups is 2. The predicted molar refractivity (Wildman–Crippen MR) is 113 cm³/mol. The van der Waals surface area contributed by atoms with Crippen molar-refractivity contribution < 1.29 is 31.9 Å². The van der Waals surface area contributed by atoms with E-state index in [1.807, 2.05) is 0 Å². The normalized spacial score (nSPS) is 17.4. The Hall–Kier alpha value is -3.33. The summed E-state index contributed by atoms with van der Waals surface area (Å²) in [5.41, 5.74) is 1.39. The second-order valence-electron chi connectivity index (χ2n) is 7.32. The lowest BCUT2D eigenvalue weighted by Crippen LogP contribution is -2.38. The van der Waals surface area contributed by atoms with E-state index in [9.17, 15) is 18.0 Å². The van der Waals surface area contributed by atoms with Crippen LogP contribution in [0.1, 0.15) is 22.3 Å². The third-order valence-electron chi connectivity index (χ3n) is 5.11. The van der Waals surface area contributed by atoms with Crippen molar-refractivity contribution in [3.8, 4) is 11.5 Å². The van der Waals surface area contributed by atoms with Gasteiger partial charge in [0, 0.05) is 17.0 Å². The number of fused-ring (bicyclic) bond motifs is 1. The molecule has 1 aliphatic heterocycles. The molecule has 31 heavy (non-hydrogen) atoms. The van der Waals surface area contributed by atoms with Gasteiger partial charge in [0.25, 0.3) is 5.91 Å². The summed E-state index contributed by atoms with van der Waals surface area (Å²) in [6.45, 7) is -0.262. The van der Waals surface area contributed by atoms with Crippen LogP contribution in [0, 0.1) is 0 Å². The molecule has 1 fully saturated rings. The maximum absolute atomic E-state index is 12.9. The summed E-state index contributed by atoms with van der Waals surface area (Å²) in [5, 5.41) is 3.24. The Balaban J connectivity index is 1.45. The molecule has 2 heterocycles. The van der Waals surface area contributed by atoms with Crippen LogP contribution in [-0.4, -0.2) is 51.4 Å². The summed E-state index contributed by atoms with van der Waals surface area (Å²) in [6.07, 6.45) is 1.81. The number of amides is 1. The number of hydrogen-bond donors (Lipinski definition) is 1. The SMILES string of the molecule is COc1ccc(C(=O)c2coc3ccc(OCC(=O)N[C@H]4CCS(=O)(=O)C4)cc23)cc1. The minimum absolute atomic E-state index is 0.0451. The van der Waals surface area contributed by atoms with E-state index in [0.29, 0.717) is 40.0 Å². The standard InChI is InChI=1S/C22H21NO7S/c1-28-16-4-2-14(3-5-16)22(25)19-11-30-20-7-6-17(10-18(19)20)29-12-21(24)23-15-8-9-31(26,27)13-15/h2-7,10-11,15H,8-9,12-13H2,1H3,(H,23,24)/t15-/m0/s1. The van der Waals surface area contributed by atoms with E-state index in [1.165, 1.54) is 6.26 Å². The molecule has 1 saturated heterocycles. The summed E-state index contributed by atoms with van der Waals surface area (Å²) in [4.78, 5) is 25.0. The van der Waals surface area contributed by atoms with Gasteiger partial charge in [0.15, 0.2) is 22.2 Å². The maximum Gasteiger partial charge on any atom is 0.258 e. The molecule has 0 radical (unpaired) electrons. The third-order valence-corrected chi connectivity index (χ3v) is 6.88. The highest BCUT2D eigenvalue weighted by molar-refractivity contribution is 7.91. The molecular formula is C22H21NO7S. The maximum atomic E-state index is 12.9. The average Bonchev–Trinajstić information content (AvgIpc) is 3.33. The van der Waals surface area contributed by atoms with Crippen molar-refractivity contribution >= 4 is 32.5 Å². The Bertz CT molecular complexity index is 1230. The molecule has 1 aromatic heterocycles. The number of ether oxygens (including phenoxy) is 2. The summed E-state index contributed by atoms with van der Waals surface area (Å²) in [7, 11) is -1.52. The molecule has 9 heteroatoms. The van der Waals surface area contributed by atoms with Crippen LogP contribution in [0.25, 0.3) is 11.0 Å². The van der Waals surface area contributed by atoms with E-state index in [2.05, 4.69) is 5.32 Å². The minimum atomic E-state index is -3.07. The first-order valence-corrected chi connectivity index (χ1v) is 11.5. The Labute approximate surface area is 179 Å². The Morgan fingerprint density at radius 1 is 1.13 bits per heavy atom.